The summed E-state index contributed by atoms with van der Waals surface area (Å²) in [5.41, 5.74) is 4.88. The lowest BCUT2D eigenvalue weighted by atomic mass is 10.0. The molecule has 0 radical (unpaired) electrons. The number of thiocarbonyl (C=S) groups is 1. The van der Waals surface area contributed by atoms with Crippen LogP contribution in [-0.2, 0) is 0 Å². The molecule has 17 heavy (non-hydrogen) atoms. The van der Waals surface area contributed by atoms with Gasteiger partial charge in [-0.2, -0.15) is 0 Å². The number of carbonyl (C=O) groups excluding carboxylic acids is 1. The average molecular weight is 319 g/mol. The zero-order chi connectivity index (χ0) is 13.2. The third-order valence-electron chi connectivity index (χ3n) is 2.17. The SMILES string of the molecule is CC(C)(NC(=O)c1cc(F)cc(Br)c1)C(N)=S. The second kappa shape index (κ2) is 5.10. The average Bonchev–Trinajstić information content (AvgIpc) is 2.15. The molecule has 0 aliphatic rings. The van der Waals surface area contributed by atoms with E-state index in [9.17, 15) is 9.18 Å². The molecular weight excluding hydrogens is 307 g/mol. The van der Waals surface area contributed by atoms with Crippen LogP contribution in [0.5, 0.6) is 0 Å². The molecule has 1 amide bonds. The van der Waals surface area contributed by atoms with Crippen LogP contribution in [0.2, 0.25) is 0 Å². The van der Waals surface area contributed by atoms with Gasteiger partial charge in [0, 0.05) is 10.0 Å². The molecule has 0 atom stereocenters. The number of benzene rings is 1. The topological polar surface area (TPSA) is 55.1 Å². The highest BCUT2D eigenvalue weighted by Crippen LogP contribution is 2.15. The third-order valence-corrected chi connectivity index (χ3v) is 3.13. The fraction of sp³-hybridized carbons (Fsp3) is 0.273. The molecule has 92 valence electrons. The molecule has 0 heterocycles. The highest BCUT2D eigenvalue weighted by molar-refractivity contribution is 9.10. The Labute approximate surface area is 113 Å². The number of nitrogens with two attached hydrogens (primary N) is 1. The summed E-state index contributed by atoms with van der Waals surface area (Å²) in [5.74, 6) is -0.916. The predicted octanol–water partition coefficient (Wildman–Crippen LogP) is 2.38. The Morgan fingerprint density at radius 2 is 2.06 bits per heavy atom. The number of halogens is 2. The molecular formula is C11H12BrFN2OS. The lowest BCUT2D eigenvalue weighted by Gasteiger charge is -2.24. The highest BCUT2D eigenvalue weighted by Gasteiger charge is 2.24. The first-order chi connectivity index (χ1) is 7.72. The first kappa shape index (κ1) is 14.1. The Morgan fingerprint density at radius 3 is 2.53 bits per heavy atom. The normalized spacial score (nSPS) is 11.1. The van der Waals surface area contributed by atoms with Crippen molar-refractivity contribution >= 4 is 39.0 Å². The summed E-state index contributed by atoms with van der Waals surface area (Å²) in [4.78, 5) is 12.0. The minimum Gasteiger partial charge on any atom is -0.391 e. The van der Waals surface area contributed by atoms with Crippen molar-refractivity contribution in [2.24, 2.45) is 5.73 Å². The standard InChI is InChI=1S/C11H12BrFN2OS/c1-11(2,10(14)17)15-9(16)6-3-7(12)5-8(13)4-6/h3-5H,1-2H3,(H2,14,17)(H,15,16). The Morgan fingerprint density at radius 1 is 1.47 bits per heavy atom. The van der Waals surface area contributed by atoms with Gasteiger partial charge in [-0.25, -0.2) is 4.39 Å². The van der Waals surface area contributed by atoms with Crippen molar-refractivity contribution in [3.8, 4) is 0 Å². The van der Waals surface area contributed by atoms with E-state index < -0.39 is 17.3 Å². The first-order valence-corrected chi connectivity index (χ1v) is 6.01. The number of rotatable bonds is 3. The van der Waals surface area contributed by atoms with Gasteiger partial charge in [0.1, 0.15) is 5.82 Å². The molecule has 0 saturated carbocycles. The summed E-state index contributed by atoms with van der Waals surface area (Å²) < 4.78 is 13.6. The Kier molecular flexibility index (Phi) is 4.21. The largest absolute Gasteiger partial charge is 0.391 e. The summed E-state index contributed by atoms with van der Waals surface area (Å²) in [7, 11) is 0. The van der Waals surface area contributed by atoms with Crippen molar-refractivity contribution in [3.63, 3.8) is 0 Å². The molecule has 0 aromatic heterocycles. The van der Waals surface area contributed by atoms with Gasteiger partial charge in [0.2, 0.25) is 0 Å². The van der Waals surface area contributed by atoms with Crippen LogP contribution >= 0.6 is 28.1 Å². The highest BCUT2D eigenvalue weighted by atomic mass is 79.9. The van der Waals surface area contributed by atoms with Crippen molar-refractivity contribution in [2.45, 2.75) is 19.4 Å². The van der Waals surface area contributed by atoms with Crippen molar-refractivity contribution in [3.05, 3.63) is 34.1 Å². The molecule has 0 saturated heterocycles. The van der Waals surface area contributed by atoms with Crippen LogP contribution in [0, 0.1) is 5.82 Å². The predicted molar refractivity (Wildman–Crippen MR) is 72.4 cm³/mol. The molecule has 0 fully saturated rings. The molecule has 0 aliphatic carbocycles. The maximum atomic E-state index is 13.1. The van der Waals surface area contributed by atoms with Gasteiger partial charge in [0.05, 0.1) is 10.5 Å². The third kappa shape index (κ3) is 3.74. The molecule has 0 bridgehead atoms. The molecule has 0 aliphatic heterocycles. The zero-order valence-corrected chi connectivity index (χ0v) is 11.8. The Hall–Kier alpha value is -1.01. The lowest BCUT2D eigenvalue weighted by Crippen LogP contribution is -2.52. The first-order valence-electron chi connectivity index (χ1n) is 4.81. The van der Waals surface area contributed by atoms with Gasteiger partial charge in [0.15, 0.2) is 0 Å². The molecule has 1 aromatic carbocycles. The van der Waals surface area contributed by atoms with E-state index in [-0.39, 0.29) is 10.6 Å². The van der Waals surface area contributed by atoms with Crippen molar-refractivity contribution in [1.82, 2.24) is 5.32 Å². The van der Waals surface area contributed by atoms with Crippen LogP contribution in [-0.4, -0.2) is 16.4 Å². The van der Waals surface area contributed by atoms with Crippen LogP contribution in [0.1, 0.15) is 24.2 Å². The lowest BCUT2D eigenvalue weighted by molar-refractivity contribution is 0.0931. The monoisotopic (exact) mass is 318 g/mol. The molecule has 3 nitrogen and oxygen atoms in total. The molecule has 0 spiro atoms. The van der Waals surface area contributed by atoms with Gasteiger partial charge in [0.25, 0.3) is 5.91 Å². The van der Waals surface area contributed by atoms with Crippen LogP contribution in [0.4, 0.5) is 4.39 Å². The van der Waals surface area contributed by atoms with E-state index in [4.69, 9.17) is 18.0 Å². The van der Waals surface area contributed by atoms with Crippen LogP contribution in [0.3, 0.4) is 0 Å². The second-order valence-electron chi connectivity index (χ2n) is 4.10. The van der Waals surface area contributed by atoms with Crippen molar-refractivity contribution < 1.29 is 9.18 Å². The van der Waals surface area contributed by atoms with Crippen LogP contribution in [0.15, 0.2) is 22.7 Å². The fourth-order valence-corrected chi connectivity index (χ4v) is 1.62. The summed E-state index contributed by atoms with van der Waals surface area (Å²) >= 11 is 7.95. The molecule has 0 unspecified atom stereocenters. The molecule has 3 N–H and O–H groups in total. The fourth-order valence-electron chi connectivity index (χ4n) is 1.10. The van der Waals surface area contributed by atoms with Gasteiger partial charge in [-0.05, 0) is 32.0 Å². The van der Waals surface area contributed by atoms with Gasteiger partial charge in [-0.3, -0.25) is 4.79 Å². The molecule has 6 heteroatoms. The van der Waals surface area contributed by atoms with Gasteiger partial charge in [-0.15, -0.1) is 0 Å². The maximum absolute atomic E-state index is 13.1. The number of nitrogens with one attached hydrogen (secondary N) is 1. The second-order valence-corrected chi connectivity index (χ2v) is 5.46. The molecule has 1 rings (SSSR count). The number of amides is 1. The smallest absolute Gasteiger partial charge is 0.252 e. The van der Waals surface area contributed by atoms with Gasteiger partial charge >= 0.3 is 0 Å². The summed E-state index contributed by atoms with van der Waals surface area (Å²) in [5, 5.41) is 2.63. The van der Waals surface area contributed by atoms with Gasteiger partial charge < -0.3 is 11.1 Å². The van der Waals surface area contributed by atoms with Crippen molar-refractivity contribution in [2.75, 3.05) is 0 Å². The summed E-state index contributed by atoms with van der Waals surface area (Å²) in [6.07, 6.45) is 0. The Balaban J connectivity index is 2.94. The minimum atomic E-state index is -0.814. The quantitative estimate of drug-likeness (QED) is 0.841. The Bertz CT molecular complexity index is 456. The van der Waals surface area contributed by atoms with Gasteiger partial charge in [-0.1, -0.05) is 28.1 Å². The van der Waals surface area contributed by atoms with E-state index in [0.717, 1.165) is 6.07 Å². The summed E-state index contributed by atoms with van der Waals surface area (Å²) in [6.45, 7) is 3.36. The van der Waals surface area contributed by atoms with E-state index >= 15 is 0 Å². The van der Waals surface area contributed by atoms with E-state index in [1.807, 2.05) is 0 Å². The number of carbonyl (C=O) groups is 1. The number of hydrogen-bond acceptors (Lipinski definition) is 2. The van der Waals surface area contributed by atoms with Crippen LogP contribution in [0.25, 0.3) is 0 Å². The van der Waals surface area contributed by atoms with Crippen LogP contribution < -0.4 is 11.1 Å². The number of hydrogen-bond donors (Lipinski definition) is 2. The zero-order valence-electron chi connectivity index (χ0n) is 9.38. The maximum Gasteiger partial charge on any atom is 0.252 e. The van der Waals surface area contributed by atoms with Crippen molar-refractivity contribution in [1.29, 1.82) is 0 Å². The van der Waals surface area contributed by atoms with E-state index in [2.05, 4.69) is 21.2 Å². The molecule has 1 aromatic rings. The minimum absolute atomic E-state index is 0.168. The van der Waals surface area contributed by atoms with E-state index in [1.54, 1.807) is 13.8 Å². The van der Waals surface area contributed by atoms with E-state index in [1.165, 1.54) is 12.1 Å². The van der Waals surface area contributed by atoms with E-state index in [0.29, 0.717) is 4.47 Å². The summed E-state index contributed by atoms with van der Waals surface area (Å²) in [6, 6.07) is 3.94.